The first-order chi connectivity index (χ1) is 18.7. The molecule has 0 aromatic rings. The van der Waals surface area contributed by atoms with E-state index in [-0.39, 0.29) is 25.8 Å². The molecule has 0 aliphatic heterocycles. The number of hydrogen-bond acceptors (Lipinski definition) is 6. The second-order valence-electron chi connectivity index (χ2n) is 11.6. The van der Waals surface area contributed by atoms with E-state index < -0.39 is 18.4 Å². The zero-order chi connectivity index (χ0) is 29.2. The molecule has 0 heterocycles. The Bertz CT molecular complexity index is 619. The van der Waals surface area contributed by atoms with Crippen molar-refractivity contribution in [2.24, 2.45) is 0 Å². The van der Waals surface area contributed by atoms with E-state index in [1.807, 2.05) is 21.1 Å². The fourth-order valence-corrected chi connectivity index (χ4v) is 4.00. The molecule has 0 saturated carbocycles. The van der Waals surface area contributed by atoms with E-state index >= 15 is 0 Å². The van der Waals surface area contributed by atoms with Crippen LogP contribution < -0.4 is 0 Å². The molecule has 0 aliphatic rings. The number of likely N-dealkylation sites (N-methyl/N-ethyl adjacent to an activating group) is 1. The molecular weight excluding hydrogens is 498 g/mol. The number of carboxylic acids is 1. The van der Waals surface area contributed by atoms with Gasteiger partial charge in [0.15, 0.2) is 0 Å². The topological polar surface area (TPSA) is 102 Å². The van der Waals surface area contributed by atoms with Crippen molar-refractivity contribution in [2.75, 3.05) is 47.5 Å². The first-order valence-corrected chi connectivity index (χ1v) is 15.4. The standard InChI is InChI=1S/C31H59NO7/c1-5-6-7-8-9-10-11-12-13-14-15-16-17-18-19-20-21-22-23-29(34)38-26-28(33)27-39-31(30(35)36)37-25-24-32(2,3)4/h13-14,28,31,33H,5-12,15-27H2,1-4H3/p+1/b14-13-. The maximum atomic E-state index is 11.9. The summed E-state index contributed by atoms with van der Waals surface area (Å²) in [6.45, 7) is 2.57. The predicted molar refractivity (Wildman–Crippen MR) is 156 cm³/mol. The number of rotatable bonds is 28. The second kappa shape index (κ2) is 25.5. The number of nitrogens with zero attached hydrogens (tertiary/aromatic N) is 1. The third-order valence-corrected chi connectivity index (χ3v) is 6.50. The molecule has 0 aromatic carbocycles. The van der Waals surface area contributed by atoms with Gasteiger partial charge in [0.1, 0.15) is 19.3 Å². The minimum absolute atomic E-state index is 0.211. The SMILES string of the molecule is CCCCCCCCC/C=C\CCCCCCCCCC(=O)OCC(O)COC(OCC[N+](C)(C)C)C(=O)O. The van der Waals surface area contributed by atoms with Crippen LogP contribution in [0, 0.1) is 0 Å². The summed E-state index contributed by atoms with van der Waals surface area (Å²) >= 11 is 0. The largest absolute Gasteiger partial charge is 0.477 e. The highest BCUT2D eigenvalue weighted by Crippen LogP contribution is 2.12. The third kappa shape index (κ3) is 27.9. The Morgan fingerprint density at radius 2 is 1.26 bits per heavy atom. The van der Waals surface area contributed by atoms with Crippen LogP contribution in [0.3, 0.4) is 0 Å². The number of ether oxygens (including phenoxy) is 3. The number of hydrogen-bond donors (Lipinski definition) is 2. The Balaban J connectivity index is 3.59. The van der Waals surface area contributed by atoms with E-state index in [2.05, 4.69) is 19.1 Å². The van der Waals surface area contributed by atoms with Crippen molar-refractivity contribution in [3.05, 3.63) is 12.2 Å². The van der Waals surface area contributed by atoms with Crippen LogP contribution in [0.2, 0.25) is 0 Å². The number of carbonyl (C=O) groups is 2. The highest BCUT2D eigenvalue weighted by Gasteiger charge is 2.22. The Kier molecular flexibility index (Phi) is 24.5. The van der Waals surface area contributed by atoms with E-state index in [1.54, 1.807) is 0 Å². The van der Waals surface area contributed by atoms with E-state index in [1.165, 1.54) is 83.5 Å². The molecule has 0 fully saturated rings. The predicted octanol–water partition coefficient (Wildman–Crippen LogP) is 6.25. The molecule has 2 unspecified atom stereocenters. The molecule has 0 aromatic heterocycles. The summed E-state index contributed by atoms with van der Waals surface area (Å²) in [5.74, 6) is -1.61. The monoisotopic (exact) mass is 558 g/mol. The molecule has 0 rings (SSSR count). The zero-order valence-electron chi connectivity index (χ0n) is 25.5. The molecule has 0 saturated heterocycles. The highest BCUT2D eigenvalue weighted by molar-refractivity contribution is 5.70. The van der Waals surface area contributed by atoms with Gasteiger partial charge in [-0.2, -0.15) is 0 Å². The molecule has 0 amide bonds. The summed E-state index contributed by atoms with van der Waals surface area (Å²) in [4.78, 5) is 23.2. The number of carbonyl (C=O) groups excluding carboxylic acids is 1. The molecule has 0 radical (unpaired) electrons. The summed E-state index contributed by atoms with van der Waals surface area (Å²) in [7, 11) is 5.91. The molecule has 0 aliphatic carbocycles. The van der Waals surface area contributed by atoms with Crippen molar-refractivity contribution in [3.8, 4) is 0 Å². The number of unbranched alkanes of at least 4 members (excludes halogenated alkanes) is 14. The summed E-state index contributed by atoms with van der Waals surface area (Å²) in [5.41, 5.74) is 0. The van der Waals surface area contributed by atoms with Crippen molar-refractivity contribution in [2.45, 2.75) is 128 Å². The Hall–Kier alpha value is -1.48. The molecule has 0 bridgehead atoms. The van der Waals surface area contributed by atoms with Gasteiger partial charge in [-0.1, -0.05) is 89.7 Å². The maximum Gasteiger partial charge on any atom is 0.361 e. The Morgan fingerprint density at radius 3 is 1.77 bits per heavy atom. The number of quaternary nitrogens is 1. The smallest absolute Gasteiger partial charge is 0.361 e. The number of aliphatic carboxylic acids is 1. The van der Waals surface area contributed by atoms with Gasteiger partial charge < -0.3 is 28.9 Å². The van der Waals surface area contributed by atoms with Crippen LogP contribution in [0.1, 0.15) is 116 Å². The lowest BCUT2D eigenvalue weighted by Gasteiger charge is -2.24. The van der Waals surface area contributed by atoms with Gasteiger partial charge in [0.25, 0.3) is 6.29 Å². The van der Waals surface area contributed by atoms with Gasteiger partial charge in [-0.25, -0.2) is 4.79 Å². The van der Waals surface area contributed by atoms with Crippen molar-refractivity contribution < 1.29 is 38.5 Å². The molecule has 8 nitrogen and oxygen atoms in total. The van der Waals surface area contributed by atoms with Crippen LogP contribution in [0.4, 0.5) is 0 Å². The molecule has 0 spiro atoms. The normalized spacial score (nSPS) is 13.6. The number of allylic oxidation sites excluding steroid dienone is 2. The summed E-state index contributed by atoms with van der Waals surface area (Å²) in [6.07, 6.45) is 22.2. The van der Waals surface area contributed by atoms with Crippen molar-refractivity contribution >= 4 is 11.9 Å². The van der Waals surface area contributed by atoms with Crippen LogP contribution in [0.25, 0.3) is 0 Å². The van der Waals surface area contributed by atoms with E-state index in [0.717, 1.165) is 19.3 Å². The van der Waals surface area contributed by atoms with Gasteiger partial charge >= 0.3 is 11.9 Å². The van der Waals surface area contributed by atoms with Gasteiger partial charge in [-0.3, -0.25) is 4.79 Å². The number of carboxylic acid groups (broad SMARTS) is 1. The summed E-state index contributed by atoms with van der Waals surface area (Å²) in [6, 6.07) is 0. The quantitative estimate of drug-likeness (QED) is 0.0385. The fraction of sp³-hybridized carbons (Fsp3) is 0.871. The Morgan fingerprint density at radius 1 is 0.744 bits per heavy atom. The molecular formula is C31H60NO7+. The lowest BCUT2D eigenvalue weighted by Crippen LogP contribution is -2.40. The van der Waals surface area contributed by atoms with Crippen molar-refractivity contribution in [1.29, 1.82) is 0 Å². The van der Waals surface area contributed by atoms with Gasteiger partial charge in [-0.15, -0.1) is 0 Å². The minimum Gasteiger partial charge on any atom is -0.477 e. The number of aliphatic hydroxyl groups is 1. The van der Waals surface area contributed by atoms with E-state index in [4.69, 9.17) is 14.2 Å². The maximum absolute atomic E-state index is 11.9. The second-order valence-corrected chi connectivity index (χ2v) is 11.6. The van der Waals surface area contributed by atoms with Crippen molar-refractivity contribution in [1.82, 2.24) is 0 Å². The van der Waals surface area contributed by atoms with Crippen LogP contribution in [0.15, 0.2) is 12.2 Å². The summed E-state index contributed by atoms with van der Waals surface area (Å²) in [5, 5.41) is 19.1. The van der Waals surface area contributed by atoms with Crippen molar-refractivity contribution in [3.63, 3.8) is 0 Å². The Labute approximate surface area is 238 Å². The average molecular weight is 559 g/mol. The summed E-state index contributed by atoms with van der Waals surface area (Å²) < 4.78 is 16.1. The van der Waals surface area contributed by atoms with Crippen LogP contribution >= 0.6 is 0 Å². The van der Waals surface area contributed by atoms with Crippen LogP contribution in [-0.4, -0.2) is 86.5 Å². The lowest BCUT2D eigenvalue weighted by atomic mass is 10.1. The highest BCUT2D eigenvalue weighted by atomic mass is 16.7. The molecule has 2 N–H and O–H groups in total. The minimum atomic E-state index is -1.46. The molecule has 39 heavy (non-hydrogen) atoms. The number of esters is 1. The zero-order valence-corrected chi connectivity index (χ0v) is 25.5. The van der Waals surface area contributed by atoms with Crippen LogP contribution in [-0.2, 0) is 23.8 Å². The van der Waals surface area contributed by atoms with Gasteiger partial charge in [0, 0.05) is 6.42 Å². The fourth-order valence-electron chi connectivity index (χ4n) is 4.00. The molecule has 8 heteroatoms. The van der Waals surface area contributed by atoms with Gasteiger partial charge in [0.2, 0.25) is 0 Å². The first kappa shape index (κ1) is 37.5. The molecule has 2 atom stereocenters. The van der Waals surface area contributed by atoms with E-state index in [9.17, 15) is 19.8 Å². The number of aliphatic hydroxyl groups excluding tert-OH is 1. The van der Waals surface area contributed by atoms with Crippen LogP contribution in [0.5, 0.6) is 0 Å². The lowest BCUT2D eigenvalue weighted by molar-refractivity contribution is -0.870. The van der Waals surface area contributed by atoms with Gasteiger partial charge in [0.05, 0.1) is 34.4 Å². The first-order valence-electron chi connectivity index (χ1n) is 15.4. The van der Waals surface area contributed by atoms with Gasteiger partial charge in [-0.05, 0) is 32.1 Å². The average Bonchev–Trinajstić information content (AvgIpc) is 2.87. The van der Waals surface area contributed by atoms with E-state index in [0.29, 0.717) is 17.4 Å². The third-order valence-electron chi connectivity index (χ3n) is 6.50. The molecule has 230 valence electrons.